The van der Waals surface area contributed by atoms with E-state index in [1.807, 2.05) is 11.3 Å². The van der Waals surface area contributed by atoms with Crippen LogP contribution in [0.3, 0.4) is 0 Å². The Morgan fingerprint density at radius 3 is 2.94 bits per heavy atom. The average Bonchev–Trinajstić information content (AvgIpc) is 2.79. The highest BCUT2D eigenvalue weighted by molar-refractivity contribution is 7.09. The molecule has 0 fully saturated rings. The van der Waals surface area contributed by atoms with Gasteiger partial charge in [0, 0.05) is 18.5 Å². The fourth-order valence-corrected chi connectivity index (χ4v) is 2.36. The first-order chi connectivity index (χ1) is 7.83. The topological polar surface area (TPSA) is 21.3 Å². The van der Waals surface area contributed by atoms with Crippen LogP contribution in [0.2, 0.25) is 0 Å². The molecule has 3 heteroatoms. The van der Waals surface area contributed by atoms with E-state index in [1.54, 1.807) is 7.11 Å². The van der Waals surface area contributed by atoms with Crippen molar-refractivity contribution in [3.63, 3.8) is 0 Å². The summed E-state index contributed by atoms with van der Waals surface area (Å²) in [5.74, 6) is 0.803. The second kappa shape index (κ2) is 8.74. The summed E-state index contributed by atoms with van der Waals surface area (Å²) in [5, 5.41) is 5.55. The maximum absolute atomic E-state index is 4.98. The van der Waals surface area contributed by atoms with E-state index in [2.05, 4.69) is 29.8 Å². The maximum Gasteiger partial charge on any atom is 0.0587 e. The number of hydrogen-bond donors (Lipinski definition) is 1. The van der Waals surface area contributed by atoms with Crippen molar-refractivity contribution < 1.29 is 4.74 Å². The van der Waals surface area contributed by atoms with Crippen molar-refractivity contribution in [2.75, 3.05) is 26.8 Å². The number of nitrogens with one attached hydrogen (secondary N) is 1. The summed E-state index contributed by atoms with van der Waals surface area (Å²) in [6.07, 6.45) is 3.79. The summed E-state index contributed by atoms with van der Waals surface area (Å²) in [6.45, 7) is 5.22. The molecule has 1 aromatic heterocycles. The molecule has 0 aliphatic heterocycles. The van der Waals surface area contributed by atoms with Crippen molar-refractivity contribution >= 4 is 11.3 Å². The Hall–Kier alpha value is -0.380. The van der Waals surface area contributed by atoms with Gasteiger partial charge in [-0.1, -0.05) is 13.0 Å². The number of aryl methyl sites for hydroxylation is 1. The number of thiophene rings is 1. The van der Waals surface area contributed by atoms with Gasteiger partial charge in [-0.3, -0.25) is 0 Å². The van der Waals surface area contributed by atoms with Gasteiger partial charge in [-0.05, 0) is 43.2 Å². The van der Waals surface area contributed by atoms with Crippen molar-refractivity contribution in [3.8, 4) is 0 Å². The standard InChI is InChI=1S/C13H23NOS/c1-12(7-8-14-9-10-15-2)5-6-13-4-3-11-16-13/h3-4,11-12,14H,5-10H2,1-2H3. The lowest BCUT2D eigenvalue weighted by molar-refractivity contribution is 0.199. The molecular weight excluding hydrogens is 218 g/mol. The highest BCUT2D eigenvalue weighted by Crippen LogP contribution is 2.15. The summed E-state index contributed by atoms with van der Waals surface area (Å²) in [6, 6.07) is 4.37. The van der Waals surface area contributed by atoms with Gasteiger partial charge in [0.15, 0.2) is 0 Å². The molecule has 0 saturated heterocycles. The van der Waals surface area contributed by atoms with E-state index >= 15 is 0 Å². The zero-order valence-corrected chi connectivity index (χ0v) is 11.2. The Kier molecular flexibility index (Phi) is 7.47. The molecule has 0 amide bonds. The molecule has 92 valence electrons. The Morgan fingerprint density at radius 1 is 1.38 bits per heavy atom. The van der Waals surface area contributed by atoms with E-state index in [-0.39, 0.29) is 0 Å². The largest absolute Gasteiger partial charge is 0.383 e. The van der Waals surface area contributed by atoms with Gasteiger partial charge in [0.05, 0.1) is 6.61 Å². The van der Waals surface area contributed by atoms with Gasteiger partial charge < -0.3 is 10.1 Å². The van der Waals surface area contributed by atoms with Gasteiger partial charge in [-0.2, -0.15) is 0 Å². The Bertz CT molecular complexity index is 248. The first-order valence-electron chi connectivity index (χ1n) is 6.05. The average molecular weight is 241 g/mol. The predicted octanol–water partition coefficient (Wildman–Crippen LogP) is 2.94. The number of methoxy groups -OCH3 is 1. The van der Waals surface area contributed by atoms with E-state index < -0.39 is 0 Å². The van der Waals surface area contributed by atoms with Crippen LogP contribution in [0.4, 0.5) is 0 Å². The third-order valence-electron chi connectivity index (χ3n) is 2.76. The van der Waals surface area contributed by atoms with Crippen LogP contribution in [0.25, 0.3) is 0 Å². The zero-order valence-electron chi connectivity index (χ0n) is 10.4. The van der Waals surface area contributed by atoms with Gasteiger partial charge in [-0.25, -0.2) is 0 Å². The lowest BCUT2D eigenvalue weighted by Gasteiger charge is -2.11. The number of ether oxygens (including phenoxy) is 1. The number of hydrogen-bond acceptors (Lipinski definition) is 3. The van der Waals surface area contributed by atoms with Crippen LogP contribution in [0.15, 0.2) is 17.5 Å². The molecule has 1 N–H and O–H groups in total. The summed E-state index contributed by atoms with van der Waals surface area (Å²) in [5.41, 5.74) is 0. The molecule has 16 heavy (non-hydrogen) atoms. The first-order valence-corrected chi connectivity index (χ1v) is 6.93. The maximum atomic E-state index is 4.98. The van der Waals surface area contributed by atoms with E-state index in [1.165, 1.54) is 24.1 Å². The molecule has 1 rings (SSSR count). The van der Waals surface area contributed by atoms with Crippen molar-refractivity contribution in [1.29, 1.82) is 0 Å². The Labute approximate surface area is 103 Å². The zero-order chi connectivity index (χ0) is 11.6. The van der Waals surface area contributed by atoms with Gasteiger partial charge >= 0.3 is 0 Å². The van der Waals surface area contributed by atoms with Crippen LogP contribution < -0.4 is 5.32 Å². The van der Waals surface area contributed by atoms with Crippen molar-refractivity contribution in [1.82, 2.24) is 5.32 Å². The van der Waals surface area contributed by atoms with Gasteiger partial charge in [0.25, 0.3) is 0 Å². The third kappa shape index (κ3) is 6.26. The molecule has 1 aromatic rings. The van der Waals surface area contributed by atoms with Crippen LogP contribution in [0.5, 0.6) is 0 Å². The minimum absolute atomic E-state index is 0.803. The van der Waals surface area contributed by atoms with Crippen LogP contribution >= 0.6 is 11.3 Å². The third-order valence-corrected chi connectivity index (χ3v) is 3.70. The fourth-order valence-electron chi connectivity index (χ4n) is 1.64. The molecule has 0 saturated carbocycles. The summed E-state index contributed by atoms with van der Waals surface area (Å²) >= 11 is 1.87. The molecule has 0 aromatic carbocycles. The molecule has 1 heterocycles. The van der Waals surface area contributed by atoms with Crippen molar-refractivity contribution in [2.45, 2.75) is 26.2 Å². The van der Waals surface area contributed by atoms with E-state index in [0.29, 0.717) is 0 Å². The summed E-state index contributed by atoms with van der Waals surface area (Å²) in [4.78, 5) is 1.51. The molecule has 0 aliphatic carbocycles. The van der Waals surface area contributed by atoms with Crippen LogP contribution in [-0.2, 0) is 11.2 Å². The summed E-state index contributed by atoms with van der Waals surface area (Å²) in [7, 11) is 1.74. The molecule has 0 aliphatic rings. The van der Waals surface area contributed by atoms with E-state index in [9.17, 15) is 0 Å². The van der Waals surface area contributed by atoms with Crippen LogP contribution in [0.1, 0.15) is 24.6 Å². The fraction of sp³-hybridized carbons (Fsp3) is 0.692. The van der Waals surface area contributed by atoms with Crippen molar-refractivity contribution in [2.24, 2.45) is 5.92 Å². The Balaban J connectivity index is 1.96. The molecule has 0 bridgehead atoms. The monoisotopic (exact) mass is 241 g/mol. The molecule has 0 spiro atoms. The Morgan fingerprint density at radius 2 is 2.25 bits per heavy atom. The minimum atomic E-state index is 0.803. The molecule has 0 radical (unpaired) electrons. The SMILES string of the molecule is COCCNCCC(C)CCc1cccs1. The van der Waals surface area contributed by atoms with Gasteiger partial charge in [-0.15, -0.1) is 11.3 Å². The van der Waals surface area contributed by atoms with Crippen LogP contribution in [-0.4, -0.2) is 26.8 Å². The lowest BCUT2D eigenvalue weighted by atomic mass is 10.0. The smallest absolute Gasteiger partial charge is 0.0587 e. The van der Waals surface area contributed by atoms with Crippen LogP contribution in [0, 0.1) is 5.92 Å². The van der Waals surface area contributed by atoms with E-state index in [4.69, 9.17) is 4.74 Å². The number of rotatable bonds is 9. The minimum Gasteiger partial charge on any atom is -0.383 e. The first kappa shape index (κ1) is 13.7. The second-order valence-corrected chi connectivity index (χ2v) is 5.29. The molecule has 2 nitrogen and oxygen atoms in total. The molecular formula is C13H23NOS. The van der Waals surface area contributed by atoms with E-state index in [0.717, 1.165) is 25.6 Å². The quantitative estimate of drug-likeness (QED) is 0.671. The second-order valence-electron chi connectivity index (χ2n) is 4.25. The highest BCUT2D eigenvalue weighted by Gasteiger charge is 2.02. The predicted molar refractivity (Wildman–Crippen MR) is 71.2 cm³/mol. The van der Waals surface area contributed by atoms with Gasteiger partial charge in [0.2, 0.25) is 0 Å². The molecule has 1 atom stereocenters. The lowest BCUT2D eigenvalue weighted by Crippen LogP contribution is -2.21. The normalized spacial score (nSPS) is 12.9. The highest BCUT2D eigenvalue weighted by atomic mass is 32.1. The summed E-state index contributed by atoms with van der Waals surface area (Å²) < 4.78 is 4.98. The van der Waals surface area contributed by atoms with Gasteiger partial charge in [0.1, 0.15) is 0 Å². The van der Waals surface area contributed by atoms with Crippen molar-refractivity contribution in [3.05, 3.63) is 22.4 Å². The molecule has 1 unspecified atom stereocenters.